The summed E-state index contributed by atoms with van der Waals surface area (Å²) < 4.78 is 13.1. The maximum atomic E-state index is 12.1. The predicted molar refractivity (Wildman–Crippen MR) is 144 cm³/mol. The number of unbranched alkanes of at least 4 members (excludes halogenated alkanes) is 1. The zero-order valence-corrected chi connectivity index (χ0v) is 22.2. The van der Waals surface area contributed by atoms with E-state index < -0.39 is 6.10 Å². The van der Waals surface area contributed by atoms with Crippen molar-refractivity contribution < 1.29 is 19.1 Å². The van der Waals surface area contributed by atoms with Gasteiger partial charge in [-0.15, -0.1) is 0 Å². The molecule has 36 heavy (non-hydrogen) atoms. The zero-order valence-electron chi connectivity index (χ0n) is 22.2. The van der Waals surface area contributed by atoms with Gasteiger partial charge in [0.05, 0.1) is 24.7 Å². The van der Waals surface area contributed by atoms with Gasteiger partial charge in [0.15, 0.2) is 11.9 Å². The van der Waals surface area contributed by atoms with Gasteiger partial charge >= 0.3 is 5.97 Å². The van der Waals surface area contributed by atoms with Gasteiger partial charge in [0, 0.05) is 25.1 Å². The van der Waals surface area contributed by atoms with Crippen LogP contribution in [0.4, 0.5) is 5.69 Å². The molecule has 3 rings (SSSR count). The van der Waals surface area contributed by atoms with Crippen molar-refractivity contribution >= 4 is 28.5 Å². The average molecular weight is 494 g/mol. The van der Waals surface area contributed by atoms with E-state index in [4.69, 9.17) is 14.5 Å². The number of benzene rings is 2. The summed E-state index contributed by atoms with van der Waals surface area (Å²) in [6, 6.07) is 14.0. The Bertz CT molecular complexity index is 1150. The number of nitrogens with one attached hydrogen (secondary N) is 1. The van der Waals surface area contributed by atoms with Crippen molar-refractivity contribution in [3.05, 3.63) is 53.9 Å². The highest BCUT2D eigenvalue weighted by Crippen LogP contribution is 2.24. The normalized spacial score (nSPS) is 12.1. The minimum Gasteiger partial charge on any atom is -0.479 e. The van der Waals surface area contributed by atoms with E-state index in [9.17, 15) is 9.59 Å². The minimum atomic E-state index is -0.616. The topological polar surface area (TPSA) is 82.5 Å². The molecule has 0 bridgehead atoms. The van der Waals surface area contributed by atoms with Crippen LogP contribution in [-0.2, 0) is 27.3 Å². The molecule has 7 heteroatoms. The number of aromatic nitrogens is 2. The predicted octanol–water partition coefficient (Wildman–Crippen LogP) is 5.78. The number of methoxy groups -OCH3 is 1. The summed E-state index contributed by atoms with van der Waals surface area (Å²) in [5.74, 6) is 1.84. The summed E-state index contributed by atoms with van der Waals surface area (Å²) in [7, 11) is 1.39. The average Bonchev–Trinajstić information content (AvgIpc) is 3.22. The molecule has 0 aliphatic heterocycles. The number of nitrogens with zero attached hydrogens (tertiary/aromatic N) is 2. The van der Waals surface area contributed by atoms with Crippen LogP contribution in [0, 0.1) is 5.92 Å². The maximum Gasteiger partial charge on any atom is 0.347 e. The second kappa shape index (κ2) is 13.1. The lowest BCUT2D eigenvalue weighted by Gasteiger charge is -2.19. The Morgan fingerprint density at radius 3 is 2.47 bits per heavy atom. The highest BCUT2D eigenvalue weighted by molar-refractivity contribution is 5.84. The molecule has 1 atom stereocenters. The molecule has 7 nitrogen and oxygen atoms in total. The van der Waals surface area contributed by atoms with Crippen LogP contribution in [0.3, 0.4) is 0 Å². The summed E-state index contributed by atoms with van der Waals surface area (Å²) in [5.41, 5.74) is 4.01. The Morgan fingerprint density at radius 1 is 1.08 bits per heavy atom. The number of ether oxygens (including phenoxy) is 2. The molecule has 3 aromatic rings. The molecule has 1 unspecified atom stereocenters. The van der Waals surface area contributed by atoms with E-state index in [1.165, 1.54) is 7.11 Å². The van der Waals surface area contributed by atoms with Gasteiger partial charge in [0.1, 0.15) is 11.6 Å². The van der Waals surface area contributed by atoms with Crippen molar-refractivity contribution in [3.8, 4) is 5.75 Å². The molecule has 2 aromatic carbocycles. The first-order chi connectivity index (χ1) is 17.3. The summed E-state index contributed by atoms with van der Waals surface area (Å²) >= 11 is 0. The number of anilines is 1. The Balaban J connectivity index is 1.80. The Hall–Kier alpha value is -3.35. The maximum absolute atomic E-state index is 12.1. The summed E-state index contributed by atoms with van der Waals surface area (Å²) in [4.78, 5) is 28.7. The molecule has 0 saturated carbocycles. The number of ketones is 1. The SMILES string of the molecule is CCCCc1nc2cc(NCC(=O)CC)ccc2n1Cc1ccc(OC(CC(C)C)C(=O)OC)cc1. The van der Waals surface area contributed by atoms with Crippen molar-refractivity contribution in [2.45, 2.75) is 72.4 Å². The molecular weight excluding hydrogens is 454 g/mol. The Kier molecular flexibility index (Phi) is 9.91. The monoisotopic (exact) mass is 493 g/mol. The fourth-order valence-electron chi connectivity index (χ4n) is 4.09. The second-order valence-electron chi connectivity index (χ2n) is 9.57. The summed E-state index contributed by atoms with van der Waals surface area (Å²) in [6.45, 7) is 9.17. The van der Waals surface area contributed by atoms with Crippen molar-refractivity contribution in [1.82, 2.24) is 9.55 Å². The molecule has 0 fully saturated rings. The van der Waals surface area contributed by atoms with E-state index in [2.05, 4.69) is 36.7 Å². The van der Waals surface area contributed by atoms with Crippen LogP contribution in [-0.4, -0.2) is 41.1 Å². The number of Topliss-reactive ketones (excluding diaryl/α,β-unsaturated/α-hetero) is 1. The van der Waals surface area contributed by atoms with E-state index in [1.54, 1.807) is 0 Å². The fourth-order valence-corrected chi connectivity index (χ4v) is 4.09. The second-order valence-corrected chi connectivity index (χ2v) is 9.57. The number of hydrogen-bond donors (Lipinski definition) is 1. The molecule has 1 heterocycles. The van der Waals surface area contributed by atoms with E-state index in [-0.39, 0.29) is 11.8 Å². The van der Waals surface area contributed by atoms with Gasteiger partial charge in [0.25, 0.3) is 0 Å². The third kappa shape index (κ3) is 7.33. The minimum absolute atomic E-state index is 0.179. The molecule has 0 saturated heterocycles. The molecule has 1 N–H and O–H groups in total. The molecule has 0 radical (unpaired) electrons. The van der Waals surface area contributed by atoms with Gasteiger partial charge in [-0.2, -0.15) is 0 Å². The van der Waals surface area contributed by atoms with Gasteiger partial charge in [-0.25, -0.2) is 9.78 Å². The lowest BCUT2D eigenvalue weighted by molar-refractivity contribution is -0.149. The van der Waals surface area contributed by atoms with E-state index >= 15 is 0 Å². The van der Waals surface area contributed by atoms with Crippen LogP contribution >= 0.6 is 0 Å². The molecule has 1 aromatic heterocycles. The standard InChI is InChI=1S/C29H39N3O4/c1-6-8-9-28-31-25-17-22(30-18-23(33)7-2)12-15-26(25)32(28)19-21-10-13-24(14-11-21)36-27(16-20(3)4)29(34)35-5/h10-15,17,20,27,30H,6-9,16,18-19H2,1-5H3. The van der Waals surface area contributed by atoms with Crippen molar-refractivity contribution in [1.29, 1.82) is 0 Å². The van der Waals surface area contributed by atoms with E-state index in [1.807, 2.05) is 43.3 Å². The highest BCUT2D eigenvalue weighted by atomic mass is 16.6. The molecule has 0 amide bonds. The third-order valence-electron chi connectivity index (χ3n) is 6.16. The van der Waals surface area contributed by atoms with Gasteiger partial charge in [0.2, 0.25) is 0 Å². The third-order valence-corrected chi connectivity index (χ3v) is 6.16. The van der Waals surface area contributed by atoms with Crippen LogP contribution in [0.2, 0.25) is 0 Å². The van der Waals surface area contributed by atoms with Crippen molar-refractivity contribution in [3.63, 3.8) is 0 Å². The Labute approximate surface area is 214 Å². The van der Waals surface area contributed by atoms with Gasteiger partial charge in [-0.1, -0.05) is 46.2 Å². The van der Waals surface area contributed by atoms with Gasteiger partial charge in [-0.3, -0.25) is 4.79 Å². The molecule has 194 valence electrons. The fraction of sp³-hybridized carbons (Fsp3) is 0.483. The number of carbonyl (C=O) groups is 2. The largest absolute Gasteiger partial charge is 0.479 e. The number of hydrogen-bond acceptors (Lipinski definition) is 6. The molecule has 0 aliphatic rings. The van der Waals surface area contributed by atoms with Crippen LogP contribution in [0.5, 0.6) is 5.75 Å². The number of aryl methyl sites for hydroxylation is 1. The number of carbonyl (C=O) groups excluding carboxylic acids is 2. The van der Waals surface area contributed by atoms with Crippen LogP contribution in [0.1, 0.15) is 64.8 Å². The van der Waals surface area contributed by atoms with Gasteiger partial charge in [-0.05, 0) is 54.7 Å². The first-order valence-electron chi connectivity index (χ1n) is 12.9. The lowest BCUT2D eigenvalue weighted by atomic mass is 10.1. The molecule has 0 spiro atoms. The van der Waals surface area contributed by atoms with Crippen LogP contribution < -0.4 is 10.1 Å². The quantitative estimate of drug-likeness (QED) is 0.287. The highest BCUT2D eigenvalue weighted by Gasteiger charge is 2.22. The van der Waals surface area contributed by atoms with Crippen molar-refractivity contribution in [2.24, 2.45) is 5.92 Å². The zero-order chi connectivity index (χ0) is 26.1. The smallest absolute Gasteiger partial charge is 0.347 e. The number of rotatable bonds is 14. The number of imidazole rings is 1. The number of esters is 1. The molecular formula is C29H39N3O4. The lowest BCUT2D eigenvalue weighted by Crippen LogP contribution is -2.30. The number of fused-ring (bicyclic) bond motifs is 1. The van der Waals surface area contributed by atoms with E-state index in [0.717, 1.165) is 47.4 Å². The van der Waals surface area contributed by atoms with Crippen LogP contribution in [0.25, 0.3) is 11.0 Å². The molecule has 0 aliphatic carbocycles. The van der Waals surface area contributed by atoms with E-state index in [0.29, 0.717) is 37.6 Å². The first kappa shape index (κ1) is 27.2. The van der Waals surface area contributed by atoms with Crippen molar-refractivity contribution in [2.75, 3.05) is 19.0 Å². The van der Waals surface area contributed by atoms with Crippen LogP contribution in [0.15, 0.2) is 42.5 Å². The summed E-state index contributed by atoms with van der Waals surface area (Å²) in [6.07, 6.45) is 3.57. The first-order valence-corrected chi connectivity index (χ1v) is 12.9. The summed E-state index contributed by atoms with van der Waals surface area (Å²) in [5, 5.41) is 3.21. The van der Waals surface area contributed by atoms with Gasteiger partial charge < -0.3 is 19.4 Å². The Morgan fingerprint density at radius 2 is 1.83 bits per heavy atom.